The Kier molecular flexibility index (Phi) is 4.85. The predicted molar refractivity (Wildman–Crippen MR) is 98.7 cm³/mol. The Labute approximate surface area is 152 Å². The number of carbonyl (C=O) groups is 1. The Balaban J connectivity index is 1.88. The first-order valence-corrected chi connectivity index (χ1v) is 8.25. The number of hydrogen-bond acceptors (Lipinski definition) is 4. The van der Waals surface area contributed by atoms with Crippen LogP contribution in [-0.2, 0) is 11.3 Å². The number of hydrogen-bond donors (Lipinski definition) is 0. The first-order valence-electron chi connectivity index (χ1n) is 8.25. The maximum absolute atomic E-state index is 11.5. The molecule has 0 aliphatic carbocycles. The summed E-state index contributed by atoms with van der Waals surface area (Å²) in [6.07, 6.45) is 0. The standard InChI is InChI=1S/C21H19N3O2/c1-14-20(18-8-4-16(12-22)5-9-18)15(2)24(23-14)13-17-6-10-19(11-7-17)21(25)26-3/h4-11H,13H2,1-3H3. The summed E-state index contributed by atoms with van der Waals surface area (Å²) in [5.74, 6) is -0.342. The first-order chi connectivity index (χ1) is 12.5. The lowest BCUT2D eigenvalue weighted by Crippen LogP contribution is -2.05. The monoisotopic (exact) mass is 345 g/mol. The van der Waals surface area contributed by atoms with E-state index in [-0.39, 0.29) is 5.97 Å². The van der Waals surface area contributed by atoms with Gasteiger partial charge in [0.15, 0.2) is 0 Å². The molecule has 0 atom stereocenters. The molecule has 3 rings (SSSR count). The highest BCUT2D eigenvalue weighted by Gasteiger charge is 2.14. The highest BCUT2D eigenvalue weighted by Crippen LogP contribution is 2.27. The minimum absolute atomic E-state index is 0.342. The molecule has 1 aromatic heterocycles. The van der Waals surface area contributed by atoms with Crippen molar-refractivity contribution in [2.24, 2.45) is 0 Å². The Hall–Kier alpha value is -3.39. The Morgan fingerprint density at radius 3 is 2.35 bits per heavy atom. The van der Waals surface area contributed by atoms with Gasteiger partial charge in [0, 0.05) is 11.3 Å². The van der Waals surface area contributed by atoms with Crippen molar-refractivity contribution >= 4 is 5.97 Å². The zero-order valence-corrected chi connectivity index (χ0v) is 15.0. The van der Waals surface area contributed by atoms with Gasteiger partial charge in [-0.1, -0.05) is 24.3 Å². The fourth-order valence-corrected chi connectivity index (χ4v) is 3.02. The van der Waals surface area contributed by atoms with Gasteiger partial charge in [-0.05, 0) is 49.2 Å². The van der Waals surface area contributed by atoms with Crippen LogP contribution in [0.5, 0.6) is 0 Å². The molecule has 3 aromatic rings. The zero-order chi connectivity index (χ0) is 18.7. The molecule has 5 heteroatoms. The summed E-state index contributed by atoms with van der Waals surface area (Å²) in [4.78, 5) is 11.5. The van der Waals surface area contributed by atoms with E-state index in [9.17, 15) is 4.79 Å². The van der Waals surface area contributed by atoms with Crippen molar-refractivity contribution in [2.75, 3.05) is 7.11 Å². The van der Waals surface area contributed by atoms with E-state index < -0.39 is 0 Å². The fourth-order valence-electron chi connectivity index (χ4n) is 3.02. The van der Waals surface area contributed by atoms with Crippen molar-refractivity contribution in [3.8, 4) is 17.2 Å². The fraction of sp³-hybridized carbons (Fsp3) is 0.190. The van der Waals surface area contributed by atoms with Crippen molar-refractivity contribution in [1.29, 1.82) is 5.26 Å². The Bertz CT molecular complexity index is 978. The van der Waals surface area contributed by atoms with E-state index in [1.165, 1.54) is 7.11 Å². The van der Waals surface area contributed by atoms with E-state index >= 15 is 0 Å². The van der Waals surface area contributed by atoms with Gasteiger partial charge in [-0.3, -0.25) is 4.68 Å². The number of ether oxygens (including phenoxy) is 1. The third kappa shape index (κ3) is 3.35. The van der Waals surface area contributed by atoms with Crippen molar-refractivity contribution < 1.29 is 9.53 Å². The van der Waals surface area contributed by atoms with Gasteiger partial charge in [0.1, 0.15) is 0 Å². The van der Waals surface area contributed by atoms with Crippen LogP contribution in [0.4, 0.5) is 0 Å². The molecule has 0 spiro atoms. The average Bonchev–Trinajstić information content (AvgIpc) is 2.95. The summed E-state index contributed by atoms with van der Waals surface area (Å²) in [5, 5.41) is 13.6. The largest absolute Gasteiger partial charge is 0.465 e. The molecule has 0 bridgehead atoms. The number of rotatable bonds is 4. The molecular weight excluding hydrogens is 326 g/mol. The van der Waals surface area contributed by atoms with Gasteiger partial charge >= 0.3 is 5.97 Å². The number of carbonyl (C=O) groups excluding carboxylic acids is 1. The van der Waals surface area contributed by atoms with Crippen LogP contribution < -0.4 is 0 Å². The van der Waals surface area contributed by atoms with Crippen LogP contribution in [0.15, 0.2) is 48.5 Å². The van der Waals surface area contributed by atoms with Crippen LogP contribution in [0.2, 0.25) is 0 Å². The third-order valence-electron chi connectivity index (χ3n) is 4.39. The summed E-state index contributed by atoms with van der Waals surface area (Å²) in [6.45, 7) is 4.64. The van der Waals surface area contributed by atoms with Gasteiger partial charge in [-0.15, -0.1) is 0 Å². The molecule has 0 aliphatic rings. The zero-order valence-electron chi connectivity index (χ0n) is 15.0. The average molecular weight is 345 g/mol. The van der Waals surface area contributed by atoms with Crippen molar-refractivity contribution in [3.63, 3.8) is 0 Å². The summed E-state index contributed by atoms with van der Waals surface area (Å²) in [7, 11) is 1.37. The second kappa shape index (κ2) is 7.24. The van der Waals surface area contributed by atoms with Crippen LogP contribution >= 0.6 is 0 Å². The normalized spacial score (nSPS) is 10.4. The second-order valence-corrected chi connectivity index (χ2v) is 6.08. The quantitative estimate of drug-likeness (QED) is 0.673. The SMILES string of the molecule is COC(=O)c1ccc(Cn2nc(C)c(-c3ccc(C#N)cc3)c2C)cc1. The van der Waals surface area contributed by atoms with E-state index in [0.717, 1.165) is 28.1 Å². The van der Waals surface area contributed by atoms with Crippen molar-refractivity contribution in [2.45, 2.75) is 20.4 Å². The molecule has 2 aromatic carbocycles. The maximum atomic E-state index is 11.5. The van der Waals surface area contributed by atoms with Gasteiger partial charge in [-0.25, -0.2) is 4.79 Å². The number of aromatic nitrogens is 2. The highest BCUT2D eigenvalue weighted by molar-refractivity contribution is 5.89. The second-order valence-electron chi connectivity index (χ2n) is 6.08. The molecule has 0 amide bonds. The summed E-state index contributed by atoms with van der Waals surface area (Å²) < 4.78 is 6.68. The number of aryl methyl sites for hydroxylation is 1. The van der Waals surface area contributed by atoms with Crippen LogP contribution in [0.1, 0.15) is 32.9 Å². The van der Waals surface area contributed by atoms with E-state index in [1.54, 1.807) is 12.1 Å². The smallest absolute Gasteiger partial charge is 0.337 e. The van der Waals surface area contributed by atoms with E-state index in [4.69, 9.17) is 10.00 Å². The molecule has 0 radical (unpaired) electrons. The van der Waals surface area contributed by atoms with Gasteiger partial charge < -0.3 is 4.74 Å². The van der Waals surface area contributed by atoms with Crippen LogP contribution in [0, 0.1) is 25.2 Å². The minimum atomic E-state index is -0.342. The van der Waals surface area contributed by atoms with Crippen LogP contribution in [0.25, 0.3) is 11.1 Å². The molecule has 0 unspecified atom stereocenters. The van der Waals surface area contributed by atoms with Gasteiger partial charge in [0.25, 0.3) is 0 Å². The topological polar surface area (TPSA) is 67.9 Å². The maximum Gasteiger partial charge on any atom is 0.337 e. The summed E-state index contributed by atoms with van der Waals surface area (Å²) in [6, 6.07) is 17.0. The van der Waals surface area contributed by atoms with E-state index in [1.807, 2.05) is 54.9 Å². The Morgan fingerprint density at radius 1 is 1.12 bits per heavy atom. The molecule has 5 nitrogen and oxygen atoms in total. The van der Waals surface area contributed by atoms with Crippen molar-refractivity contribution in [3.05, 3.63) is 76.6 Å². The predicted octanol–water partition coefficient (Wildman–Crippen LogP) is 3.87. The molecule has 26 heavy (non-hydrogen) atoms. The molecule has 0 fully saturated rings. The molecule has 0 saturated heterocycles. The molecule has 1 heterocycles. The molecular formula is C21H19N3O2. The number of esters is 1. The first kappa shape index (κ1) is 17.4. The van der Waals surface area contributed by atoms with Gasteiger partial charge in [0.05, 0.1) is 36.5 Å². The van der Waals surface area contributed by atoms with Crippen molar-refractivity contribution in [1.82, 2.24) is 9.78 Å². The summed E-state index contributed by atoms with van der Waals surface area (Å²) >= 11 is 0. The number of nitriles is 1. The molecule has 130 valence electrons. The lowest BCUT2D eigenvalue weighted by atomic mass is 10.0. The molecule has 0 saturated carbocycles. The minimum Gasteiger partial charge on any atom is -0.465 e. The lowest BCUT2D eigenvalue weighted by Gasteiger charge is -2.07. The third-order valence-corrected chi connectivity index (χ3v) is 4.39. The number of benzene rings is 2. The molecule has 0 N–H and O–H groups in total. The van der Waals surface area contributed by atoms with Crippen LogP contribution in [-0.4, -0.2) is 22.9 Å². The van der Waals surface area contributed by atoms with E-state index in [0.29, 0.717) is 17.7 Å². The van der Waals surface area contributed by atoms with Gasteiger partial charge in [0.2, 0.25) is 0 Å². The molecule has 0 aliphatic heterocycles. The Morgan fingerprint density at radius 2 is 1.77 bits per heavy atom. The number of methoxy groups -OCH3 is 1. The highest BCUT2D eigenvalue weighted by atomic mass is 16.5. The van der Waals surface area contributed by atoms with Crippen LogP contribution in [0.3, 0.4) is 0 Å². The van der Waals surface area contributed by atoms with Gasteiger partial charge in [-0.2, -0.15) is 10.4 Å². The summed E-state index contributed by atoms with van der Waals surface area (Å²) in [5.41, 5.74) is 6.36. The van der Waals surface area contributed by atoms with E-state index in [2.05, 4.69) is 11.2 Å². The number of nitrogens with zero attached hydrogens (tertiary/aromatic N) is 3. The lowest BCUT2D eigenvalue weighted by molar-refractivity contribution is 0.0600.